The zero-order valence-electron chi connectivity index (χ0n) is 11.2. The van der Waals surface area contributed by atoms with Crippen LogP contribution < -0.4 is 5.32 Å². The maximum Gasteiger partial charge on any atom is 0.267 e. The summed E-state index contributed by atoms with van der Waals surface area (Å²) in [6.45, 7) is 11.1. The minimum Gasteiger partial charge on any atom is -0.350 e. The second-order valence-corrected chi connectivity index (χ2v) is 6.70. The molecule has 1 aromatic rings. The zero-order chi connectivity index (χ0) is 13.2. The maximum absolute atomic E-state index is 12.1. The Kier molecular flexibility index (Phi) is 4.42. The Morgan fingerprint density at radius 1 is 1.47 bits per heavy atom. The van der Waals surface area contributed by atoms with Crippen molar-refractivity contribution in [3.8, 4) is 0 Å². The third-order valence-electron chi connectivity index (χ3n) is 2.38. The van der Waals surface area contributed by atoms with Gasteiger partial charge in [-0.1, -0.05) is 20.8 Å². The van der Waals surface area contributed by atoms with Crippen molar-refractivity contribution in [1.29, 1.82) is 0 Å². The number of nitrogens with one attached hydrogen (secondary N) is 1. The molecular weight excluding hydrogens is 280 g/mol. The van der Waals surface area contributed by atoms with Crippen LogP contribution >= 0.6 is 15.9 Å². The van der Waals surface area contributed by atoms with Crippen molar-refractivity contribution in [3.05, 3.63) is 22.4 Å². The highest BCUT2D eigenvalue weighted by atomic mass is 79.9. The summed E-state index contributed by atoms with van der Waals surface area (Å²) in [6.07, 6.45) is 1.94. The molecule has 0 atom stereocenters. The first kappa shape index (κ1) is 14.3. The number of halogens is 1. The monoisotopic (exact) mass is 300 g/mol. The van der Waals surface area contributed by atoms with Gasteiger partial charge in [-0.05, 0) is 41.3 Å². The Bertz CT molecular complexity index is 402. The molecule has 4 heteroatoms. The quantitative estimate of drug-likeness (QED) is 0.909. The van der Waals surface area contributed by atoms with E-state index in [2.05, 4.69) is 55.9 Å². The zero-order valence-corrected chi connectivity index (χ0v) is 12.8. The van der Waals surface area contributed by atoms with Crippen molar-refractivity contribution in [2.24, 2.45) is 5.41 Å². The fourth-order valence-corrected chi connectivity index (χ4v) is 1.93. The van der Waals surface area contributed by atoms with Crippen molar-refractivity contribution in [3.63, 3.8) is 0 Å². The van der Waals surface area contributed by atoms with Crippen LogP contribution in [0.1, 0.15) is 51.1 Å². The fourth-order valence-electron chi connectivity index (χ4n) is 1.49. The van der Waals surface area contributed by atoms with Gasteiger partial charge in [0.25, 0.3) is 5.91 Å². The first-order valence-electron chi connectivity index (χ1n) is 5.86. The Morgan fingerprint density at radius 3 is 2.53 bits per heavy atom. The van der Waals surface area contributed by atoms with Crippen LogP contribution in [0.25, 0.3) is 0 Å². The minimum atomic E-state index is -0.0145. The SMILES string of the molecule is CC(C)n1cc(Br)cc1C(=O)NCC(C)(C)C. The van der Waals surface area contributed by atoms with Gasteiger partial charge in [-0.3, -0.25) is 4.79 Å². The number of hydrogen-bond donors (Lipinski definition) is 1. The lowest BCUT2D eigenvalue weighted by Gasteiger charge is -2.19. The summed E-state index contributed by atoms with van der Waals surface area (Å²) in [4.78, 5) is 12.1. The van der Waals surface area contributed by atoms with Gasteiger partial charge in [-0.2, -0.15) is 0 Å². The van der Waals surface area contributed by atoms with Crippen molar-refractivity contribution < 1.29 is 4.79 Å². The standard InChI is InChI=1S/C13H21BrN2O/c1-9(2)16-7-10(14)6-11(16)12(17)15-8-13(3,4)5/h6-7,9H,8H2,1-5H3,(H,15,17). The normalized spacial score (nSPS) is 11.9. The summed E-state index contributed by atoms with van der Waals surface area (Å²) in [5.41, 5.74) is 0.804. The smallest absolute Gasteiger partial charge is 0.267 e. The Labute approximate surface area is 112 Å². The molecule has 0 spiro atoms. The molecule has 0 aromatic carbocycles. The van der Waals surface area contributed by atoms with Crippen LogP contribution in [0, 0.1) is 5.41 Å². The first-order chi connectivity index (χ1) is 7.70. The van der Waals surface area contributed by atoms with Gasteiger partial charge in [-0.15, -0.1) is 0 Å². The van der Waals surface area contributed by atoms with Gasteiger partial charge in [0.15, 0.2) is 0 Å². The minimum absolute atomic E-state index is 0.0145. The van der Waals surface area contributed by atoms with Crippen LogP contribution in [-0.4, -0.2) is 17.0 Å². The van der Waals surface area contributed by atoms with Crippen molar-refractivity contribution >= 4 is 21.8 Å². The van der Waals surface area contributed by atoms with Crippen molar-refractivity contribution in [2.45, 2.75) is 40.7 Å². The summed E-state index contributed by atoms with van der Waals surface area (Å²) < 4.78 is 2.91. The van der Waals surface area contributed by atoms with Crippen molar-refractivity contribution in [1.82, 2.24) is 9.88 Å². The van der Waals surface area contributed by atoms with E-state index in [-0.39, 0.29) is 17.4 Å². The molecule has 0 saturated heterocycles. The van der Waals surface area contributed by atoms with E-state index in [4.69, 9.17) is 0 Å². The highest BCUT2D eigenvalue weighted by molar-refractivity contribution is 9.10. The summed E-state index contributed by atoms with van der Waals surface area (Å²) in [6, 6.07) is 2.13. The van der Waals surface area contributed by atoms with E-state index in [0.29, 0.717) is 12.2 Å². The van der Waals surface area contributed by atoms with E-state index in [1.807, 2.05) is 16.8 Å². The number of hydrogen-bond acceptors (Lipinski definition) is 1. The third-order valence-corrected chi connectivity index (χ3v) is 2.82. The van der Waals surface area contributed by atoms with Gasteiger partial charge >= 0.3 is 0 Å². The van der Waals surface area contributed by atoms with E-state index >= 15 is 0 Å². The number of rotatable bonds is 3. The van der Waals surface area contributed by atoms with E-state index in [1.54, 1.807) is 0 Å². The molecule has 1 heterocycles. The molecule has 3 nitrogen and oxygen atoms in total. The topological polar surface area (TPSA) is 34.0 Å². The van der Waals surface area contributed by atoms with Gasteiger partial charge in [0.05, 0.1) is 0 Å². The number of amides is 1. The predicted octanol–water partition coefficient (Wildman–Crippen LogP) is 3.61. The molecule has 0 radical (unpaired) electrons. The average molecular weight is 301 g/mol. The number of carbonyl (C=O) groups excluding carboxylic acids is 1. The van der Waals surface area contributed by atoms with Crippen molar-refractivity contribution in [2.75, 3.05) is 6.54 Å². The van der Waals surface area contributed by atoms with Gasteiger partial charge < -0.3 is 9.88 Å². The molecular formula is C13H21BrN2O. The lowest BCUT2D eigenvalue weighted by Crippen LogP contribution is -2.33. The molecule has 0 bridgehead atoms. The molecule has 1 aromatic heterocycles. The molecule has 0 aliphatic rings. The van der Waals surface area contributed by atoms with E-state index < -0.39 is 0 Å². The van der Waals surface area contributed by atoms with E-state index in [0.717, 1.165) is 4.47 Å². The molecule has 96 valence electrons. The predicted molar refractivity (Wildman–Crippen MR) is 74.3 cm³/mol. The molecule has 17 heavy (non-hydrogen) atoms. The molecule has 1 rings (SSSR count). The Morgan fingerprint density at radius 2 is 2.06 bits per heavy atom. The van der Waals surface area contributed by atoms with Crippen LogP contribution in [0.3, 0.4) is 0 Å². The van der Waals surface area contributed by atoms with Gasteiger partial charge in [0.2, 0.25) is 0 Å². The number of aromatic nitrogens is 1. The highest BCUT2D eigenvalue weighted by Crippen LogP contribution is 2.19. The summed E-state index contributed by atoms with van der Waals surface area (Å²) in [7, 11) is 0. The number of nitrogens with zero attached hydrogens (tertiary/aromatic N) is 1. The molecule has 0 aliphatic heterocycles. The maximum atomic E-state index is 12.1. The molecule has 1 N–H and O–H groups in total. The highest BCUT2D eigenvalue weighted by Gasteiger charge is 2.17. The lowest BCUT2D eigenvalue weighted by molar-refractivity contribution is 0.0928. The van der Waals surface area contributed by atoms with E-state index in [9.17, 15) is 4.79 Å². The molecule has 0 saturated carbocycles. The Hall–Kier alpha value is -0.770. The second kappa shape index (κ2) is 5.25. The average Bonchev–Trinajstić information content (AvgIpc) is 2.55. The summed E-state index contributed by atoms with van der Waals surface area (Å²) in [5, 5.41) is 2.97. The van der Waals surface area contributed by atoms with Crippen LogP contribution in [0.4, 0.5) is 0 Å². The first-order valence-corrected chi connectivity index (χ1v) is 6.65. The van der Waals surface area contributed by atoms with Crippen LogP contribution in [0.5, 0.6) is 0 Å². The molecule has 0 unspecified atom stereocenters. The third kappa shape index (κ3) is 4.19. The van der Waals surface area contributed by atoms with Gasteiger partial charge in [0.1, 0.15) is 5.69 Å². The fraction of sp³-hybridized carbons (Fsp3) is 0.615. The van der Waals surface area contributed by atoms with Crippen LogP contribution in [0.2, 0.25) is 0 Å². The van der Waals surface area contributed by atoms with Crippen LogP contribution in [-0.2, 0) is 0 Å². The van der Waals surface area contributed by atoms with Gasteiger partial charge in [0, 0.05) is 23.3 Å². The Balaban J connectivity index is 2.82. The molecule has 0 fully saturated rings. The summed E-state index contributed by atoms with van der Waals surface area (Å²) >= 11 is 3.41. The second-order valence-electron chi connectivity index (χ2n) is 5.79. The molecule has 0 aliphatic carbocycles. The summed E-state index contributed by atoms with van der Waals surface area (Å²) in [5.74, 6) is -0.0145. The largest absolute Gasteiger partial charge is 0.350 e. The van der Waals surface area contributed by atoms with Crippen LogP contribution in [0.15, 0.2) is 16.7 Å². The lowest BCUT2D eigenvalue weighted by atomic mass is 9.97. The molecule has 1 amide bonds. The van der Waals surface area contributed by atoms with E-state index in [1.165, 1.54) is 0 Å². The van der Waals surface area contributed by atoms with Gasteiger partial charge in [-0.25, -0.2) is 0 Å². The number of carbonyl (C=O) groups is 1.